The minimum Gasteiger partial charge on any atom is -0.494 e. The number of amides is 2. The molecule has 2 atom stereocenters. The number of rotatable bonds is 13. The van der Waals surface area contributed by atoms with E-state index in [0.717, 1.165) is 5.56 Å². The van der Waals surface area contributed by atoms with Crippen molar-refractivity contribution in [2.45, 2.75) is 45.8 Å². The first-order chi connectivity index (χ1) is 23.9. The summed E-state index contributed by atoms with van der Waals surface area (Å²) in [5.74, 6) is -2.48. The number of likely N-dealkylation sites (tertiary alicyclic amines) is 1. The Labute approximate surface area is 289 Å². The average Bonchev–Trinajstić information content (AvgIpc) is 3.30. The van der Waals surface area contributed by atoms with Crippen molar-refractivity contribution in [1.29, 1.82) is 0 Å². The number of hydrogen-bond acceptors (Lipinski definition) is 10. The summed E-state index contributed by atoms with van der Waals surface area (Å²) >= 11 is 0. The lowest BCUT2D eigenvalue weighted by Crippen LogP contribution is -2.51. The van der Waals surface area contributed by atoms with Gasteiger partial charge >= 0.3 is 12.1 Å². The van der Waals surface area contributed by atoms with Crippen molar-refractivity contribution >= 4 is 23.8 Å². The number of halogens is 1. The Morgan fingerprint density at radius 3 is 2.10 bits per heavy atom. The molecule has 3 aromatic rings. The zero-order valence-electron chi connectivity index (χ0n) is 28.8. The zero-order chi connectivity index (χ0) is 36.5. The smallest absolute Gasteiger partial charge is 0.407 e. The highest BCUT2D eigenvalue weighted by Gasteiger charge is 2.34. The number of hydrogen-bond donors (Lipinski definition) is 2. The van der Waals surface area contributed by atoms with Gasteiger partial charge in [0, 0.05) is 38.4 Å². The van der Waals surface area contributed by atoms with E-state index in [2.05, 4.69) is 5.32 Å². The molecule has 0 spiro atoms. The second kappa shape index (κ2) is 16.9. The summed E-state index contributed by atoms with van der Waals surface area (Å²) in [6.07, 6.45) is -1.39. The van der Waals surface area contributed by atoms with Gasteiger partial charge in [0.05, 0.1) is 18.7 Å². The first-order valence-corrected chi connectivity index (χ1v) is 15.8. The van der Waals surface area contributed by atoms with Gasteiger partial charge in [-0.3, -0.25) is 9.59 Å². The number of benzene rings is 3. The molecule has 50 heavy (non-hydrogen) atoms. The quantitative estimate of drug-likeness (QED) is 0.140. The molecule has 1 aliphatic rings. The third kappa shape index (κ3) is 8.50. The van der Waals surface area contributed by atoms with Crippen molar-refractivity contribution in [3.63, 3.8) is 0 Å². The maximum atomic E-state index is 15.2. The van der Waals surface area contributed by atoms with Gasteiger partial charge in [-0.25, -0.2) is 14.0 Å². The molecule has 0 saturated carbocycles. The summed E-state index contributed by atoms with van der Waals surface area (Å²) in [4.78, 5) is 53.7. The lowest BCUT2D eigenvalue weighted by Gasteiger charge is -2.29. The number of aryl methyl sites for hydroxylation is 1. The summed E-state index contributed by atoms with van der Waals surface area (Å²) in [6.45, 7) is 5.26. The van der Waals surface area contributed by atoms with Crippen LogP contribution in [0.3, 0.4) is 0 Å². The number of ether oxygens (including phenoxy) is 6. The fourth-order valence-corrected chi connectivity index (χ4v) is 5.75. The number of carboxylic acid groups (broad SMARTS) is 1. The third-order valence-electron chi connectivity index (χ3n) is 8.47. The van der Waals surface area contributed by atoms with E-state index < -0.39 is 41.7 Å². The van der Waals surface area contributed by atoms with Crippen LogP contribution in [0.25, 0.3) is 0 Å². The second-order valence-corrected chi connectivity index (χ2v) is 11.7. The summed E-state index contributed by atoms with van der Waals surface area (Å²) in [5.41, 5.74) is 2.22. The van der Waals surface area contributed by atoms with Crippen molar-refractivity contribution in [1.82, 2.24) is 10.2 Å². The van der Waals surface area contributed by atoms with Crippen molar-refractivity contribution in [3.8, 4) is 17.2 Å². The van der Waals surface area contributed by atoms with Crippen LogP contribution in [0.4, 0.5) is 9.18 Å². The van der Waals surface area contributed by atoms with Gasteiger partial charge in [-0.05, 0) is 80.6 Å². The summed E-state index contributed by atoms with van der Waals surface area (Å²) in [5, 5.41) is 12.7. The molecule has 2 N–H and O–H groups in total. The van der Waals surface area contributed by atoms with Crippen molar-refractivity contribution in [2.24, 2.45) is 0 Å². The molecular weight excluding hydrogens is 655 g/mol. The molecule has 3 aromatic carbocycles. The topological polar surface area (TPSA) is 159 Å². The van der Waals surface area contributed by atoms with Crippen LogP contribution in [-0.2, 0) is 14.2 Å². The van der Waals surface area contributed by atoms with Gasteiger partial charge in [0.1, 0.15) is 23.2 Å². The lowest BCUT2D eigenvalue weighted by atomic mass is 9.96. The van der Waals surface area contributed by atoms with Gasteiger partial charge in [0.25, 0.3) is 5.91 Å². The van der Waals surface area contributed by atoms with Crippen LogP contribution < -0.4 is 19.5 Å². The third-order valence-corrected chi connectivity index (χ3v) is 8.47. The van der Waals surface area contributed by atoms with Gasteiger partial charge in [-0.15, -0.1) is 0 Å². The van der Waals surface area contributed by atoms with E-state index in [9.17, 15) is 24.3 Å². The van der Waals surface area contributed by atoms with Gasteiger partial charge < -0.3 is 43.7 Å². The number of esters is 1. The molecule has 0 aliphatic carbocycles. The van der Waals surface area contributed by atoms with Gasteiger partial charge in [-0.1, -0.05) is 12.1 Å². The van der Waals surface area contributed by atoms with E-state index in [1.807, 2.05) is 6.92 Å². The van der Waals surface area contributed by atoms with Gasteiger partial charge in [0.2, 0.25) is 0 Å². The predicted molar refractivity (Wildman–Crippen MR) is 178 cm³/mol. The molecule has 2 amide bonds. The molecule has 14 heteroatoms. The van der Waals surface area contributed by atoms with Crippen molar-refractivity contribution < 1.29 is 57.1 Å². The SMILES string of the molecule is COCOc1cc(C)c(C(=O)N[C@@H]2CN(C(=O)O)CCC[C@H]2OC(=O)c2ccc(C(=O)c3c(OCOC)ccc(OC)c3F)cc2)c(C)c1C. The Kier molecular flexibility index (Phi) is 12.7. The Morgan fingerprint density at radius 1 is 0.860 bits per heavy atom. The van der Waals surface area contributed by atoms with Gasteiger partial charge in [0.15, 0.2) is 30.9 Å². The molecule has 0 bridgehead atoms. The Hall–Kier alpha value is -5.21. The fraction of sp³-hybridized carbons (Fsp3) is 0.389. The molecule has 4 rings (SSSR count). The van der Waals surface area contributed by atoms with E-state index in [1.165, 1.54) is 62.6 Å². The Morgan fingerprint density at radius 2 is 1.48 bits per heavy atom. The number of carbonyl (C=O) groups excluding carboxylic acids is 3. The fourth-order valence-electron chi connectivity index (χ4n) is 5.75. The maximum Gasteiger partial charge on any atom is 0.407 e. The molecule has 0 aromatic heterocycles. The summed E-state index contributed by atoms with van der Waals surface area (Å²) in [6, 6.07) is 9.00. The van der Waals surface area contributed by atoms with Gasteiger partial charge in [-0.2, -0.15) is 0 Å². The number of nitrogens with zero attached hydrogens (tertiary/aromatic N) is 1. The second-order valence-electron chi connectivity index (χ2n) is 11.7. The number of nitrogens with one attached hydrogen (secondary N) is 1. The molecule has 268 valence electrons. The van der Waals surface area contributed by atoms with Crippen LogP contribution in [0, 0.1) is 26.6 Å². The predicted octanol–water partition coefficient (Wildman–Crippen LogP) is 5.05. The Bertz CT molecular complexity index is 1730. The molecular formula is C36H41FN2O11. The van der Waals surface area contributed by atoms with E-state index in [-0.39, 0.29) is 61.3 Å². The molecule has 1 saturated heterocycles. The molecule has 0 radical (unpaired) electrons. The highest BCUT2D eigenvalue weighted by molar-refractivity contribution is 6.11. The standard InChI is InChI=1S/C36H41FN2O11/c1-20-16-29(49-19-46-5)21(2)22(3)30(20)34(41)38-25-17-39(36(43)44)15-7-8-26(25)50-35(42)24-11-9-23(10-12-24)33(40)31-27(48-18-45-4)13-14-28(47-6)32(31)37/h9-14,16,25-26H,7-8,15,17-19H2,1-6H3,(H,38,41)(H,43,44)/t25-,26-/m1/s1. The van der Waals surface area contributed by atoms with Crippen LogP contribution in [0.15, 0.2) is 42.5 Å². The van der Waals surface area contributed by atoms with Crippen molar-refractivity contribution in [3.05, 3.63) is 87.2 Å². The maximum absolute atomic E-state index is 15.2. The first-order valence-electron chi connectivity index (χ1n) is 15.8. The van der Waals surface area contributed by atoms with Crippen LogP contribution in [-0.4, -0.2) is 93.9 Å². The Balaban J connectivity index is 1.56. The van der Waals surface area contributed by atoms with Crippen molar-refractivity contribution in [2.75, 3.05) is 48.0 Å². The van der Waals surface area contributed by atoms with Crippen LogP contribution in [0.1, 0.15) is 66.2 Å². The van der Waals surface area contributed by atoms with Crippen LogP contribution >= 0.6 is 0 Å². The number of methoxy groups -OCH3 is 3. The van der Waals surface area contributed by atoms with E-state index in [4.69, 9.17) is 28.4 Å². The zero-order valence-corrected chi connectivity index (χ0v) is 28.8. The molecule has 0 unspecified atom stereocenters. The minimum atomic E-state index is -1.16. The minimum absolute atomic E-state index is 0.0377. The van der Waals surface area contributed by atoms with E-state index in [1.54, 1.807) is 19.9 Å². The molecule has 13 nitrogen and oxygen atoms in total. The monoisotopic (exact) mass is 696 g/mol. The molecule has 1 heterocycles. The number of ketones is 1. The summed E-state index contributed by atoms with van der Waals surface area (Å²) in [7, 11) is 4.16. The van der Waals surface area contributed by atoms with E-state index >= 15 is 4.39 Å². The average molecular weight is 697 g/mol. The normalized spacial score (nSPS) is 15.9. The highest BCUT2D eigenvalue weighted by atomic mass is 19.1. The van der Waals surface area contributed by atoms with Crippen LogP contribution in [0.5, 0.6) is 17.2 Å². The van der Waals surface area contributed by atoms with Crippen LogP contribution in [0.2, 0.25) is 0 Å². The first kappa shape index (κ1) is 37.6. The largest absolute Gasteiger partial charge is 0.494 e. The highest BCUT2D eigenvalue weighted by Crippen LogP contribution is 2.32. The molecule has 1 aliphatic heterocycles. The lowest BCUT2D eigenvalue weighted by molar-refractivity contribution is 0.0178. The van der Waals surface area contributed by atoms with E-state index in [0.29, 0.717) is 28.9 Å². The summed E-state index contributed by atoms with van der Waals surface area (Å²) < 4.78 is 47.1. The molecule has 1 fully saturated rings. The number of carbonyl (C=O) groups is 4.